The minimum Gasteiger partial charge on any atom is -0.466 e. The summed E-state index contributed by atoms with van der Waals surface area (Å²) in [6, 6.07) is -0.537. The van der Waals surface area contributed by atoms with Crippen molar-refractivity contribution in [1.29, 1.82) is 0 Å². The molecular formula is C83H165NO5. The van der Waals surface area contributed by atoms with E-state index in [9.17, 15) is 19.8 Å². The Bertz CT molecular complexity index is 1310. The topological polar surface area (TPSA) is 95.9 Å². The van der Waals surface area contributed by atoms with Crippen LogP contribution in [0.3, 0.4) is 0 Å². The first-order chi connectivity index (χ1) is 44.0. The number of amides is 1. The molecule has 0 aliphatic carbocycles. The molecule has 0 aliphatic rings. The van der Waals surface area contributed by atoms with Crippen LogP contribution in [-0.2, 0) is 14.3 Å². The third kappa shape index (κ3) is 75.8. The Morgan fingerprint density at radius 2 is 0.461 bits per heavy atom. The maximum absolute atomic E-state index is 12.6. The number of esters is 1. The Morgan fingerprint density at radius 3 is 0.685 bits per heavy atom. The van der Waals surface area contributed by atoms with E-state index in [1.54, 1.807) is 0 Å². The Labute approximate surface area is 559 Å². The molecule has 0 aromatic carbocycles. The van der Waals surface area contributed by atoms with Crippen LogP contribution in [-0.4, -0.2) is 47.4 Å². The van der Waals surface area contributed by atoms with E-state index in [2.05, 4.69) is 19.2 Å². The standard InChI is InChI=1S/C83H165NO5/c1-3-5-7-9-11-13-15-17-19-21-22-38-41-44-47-51-55-59-63-67-71-75-81(86)80(79-85)84-82(87)76-72-68-64-60-56-52-48-45-42-39-36-34-32-30-28-26-24-23-25-27-29-31-33-35-37-40-43-46-50-54-58-62-66-70-74-78-89-83(88)77-73-69-65-61-57-53-49-20-18-16-14-12-10-8-6-4-2/h80-81,85-86H,3-79H2,1-2H3,(H,84,87). The molecule has 0 heterocycles. The zero-order chi connectivity index (χ0) is 64.2. The van der Waals surface area contributed by atoms with Crippen LogP contribution in [0, 0.1) is 0 Å². The van der Waals surface area contributed by atoms with Crippen molar-refractivity contribution in [3.8, 4) is 0 Å². The molecule has 532 valence electrons. The largest absolute Gasteiger partial charge is 0.466 e. The lowest BCUT2D eigenvalue weighted by molar-refractivity contribution is -0.143. The van der Waals surface area contributed by atoms with Gasteiger partial charge in [0, 0.05) is 12.8 Å². The molecular weight excluding hydrogens is 1090 g/mol. The molecule has 0 saturated heterocycles. The van der Waals surface area contributed by atoms with Crippen LogP contribution in [0.5, 0.6) is 0 Å². The monoisotopic (exact) mass is 1260 g/mol. The Balaban J connectivity index is 3.30. The molecule has 6 heteroatoms. The highest BCUT2D eigenvalue weighted by molar-refractivity contribution is 5.76. The van der Waals surface area contributed by atoms with Crippen molar-refractivity contribution in [3.05, 3.63) is 0 Å². The summed E-state index contributed by atoms with van der Waals surface area (Å²) in [6.45, 7) is 5.03. The number of aliphatic hydroxyl groups is 2. The first-order valence-corrected chi connectivity index (χ1v) is 41.8. The molecule has 2 atom stereocenters. The second kappa shape index (κ2) is 79.3. The van der Waals surface area contributed by atoms with Crippen LogP contribution in [0.4, 0.5) is 0 Å². The SMILES string of the molecule is CCCCCCCCCCCCCCCCCCCCCCCC(O)C(CO)NC(=O)CCCCCCCCCCCCCCCCCCCCCCCCCCCCCCCCCCCCCOC(=O)CCCCCCCCCCCCCCCCCC. The lowest BCUT2D eigenvalue weighted by Crippen LogP contribution is -2.45. The van der Waals surface area contributed by atoms with Crippen LogP contribution < -0.4 is 5.32 Å². The first kappa shape index (κ1) is 87.9. The summed E-state index contributed by atoms with van der Waals surface area (Å²) in [6.07, 6.45) is 99.3. The number of hydrogen-bond acceptors (Lipinski definition) is 5. The molecule has 0 aliphatic heterocycles. The second-order valence-electron chi connectivity index (χ2n) is 29.2. The van der Waals surface area contributed by atoms with Gasteiger partial charge in [-0.05, 0) is 25.7 Å². The lowest BCUT2D eigenvalue weighted by Gasteiger charge is -2.22. The molecule has 2 unspecified atom stereocenters. The van der Waals surface area contributed by atoms with Crippen molar-refractivity contribution in [2.24, 2.45) is 0 Å². The zero-order valence-electron chi connectivity index (χ0n) is 61.2. The van der Waals surface area contributed by atoms with E-state index in [1.807, 2.05) is 0 Å². The van der Waals surface area contributed by atoms with Gasteiger partial charge in [0.2, 0.25) is 5.91 Å². The maximum atomic E-state index is 12.6. The number of aliphatic hydroxyl groups excluding tert-OH is 2. The molecule has 3 N–H and O–H groups in total. The van der Waals surface area contributed by atoms with Crippen molar-refractivity contribution >= 4 is 11.9 Å². The molecule has 0 spiro atoms. The summed E-state index contributed by atoms with van der Waals surface area (Å²) in [5.74, 6) is 0.00435. The van der Waals surface area contributed by atoms with Crippen molar-refractivity contribution < 1.29 is 24.5 Å². The van der Waals surface area contributed by atoms with Gasteiger partial charge in [0.05, 0.1) is 25.4 Å². The molecule has 0 radical (unpaired) electrons. The van der Waals surface area contributed by atoms with E-state index >= 15 is 0 Å². The predicted octanol–water partition coefficient (Wildman–Crippen LogP) is 27.7. The molecule has 1 amide bonds. The third-order valence-electron chi connectivity index (χ3n) is 20.2. The average molecular weight is 1260 g/mol. The van der Waals surface area contributed by atoms with Gasteiger partial charge in [0.25, 0.3) is 0 Å². The first-order valence-electron chi connectivity index (χ1n) is 41.8. The molecule has 0 saturated carbocycles. The van der Waals surface area contributed by atoms with Crippen molar-refractivity contribution in [1.82, 2.24) is 5.32 Å². The fraction of sp³-hybridized carbons (Fsp3) is 0.976. The number of hydrogen-bond donors (Lipinski definition) is 3. The van der Waals surface area contributed by atoms with E-state index < -0.39 is 12.1 Å². The van der Waals surface area contributed by atoms with Crippen molar-refractivity contribution in [2.45, 2.75) is 508 Å². The number of unbranched alkanes of at least 4 members (excludes halogenated alkanes) is 69. The van der Waals surface area contributed by atoms with E-state index in [4.69, 9.17) is 4.74 Å². The van der Waals surface area contributed by atoms with Gasteiger partial charge in [0.15, 0.2) is 0 Å². The minimum absolute atomic E-state index is 0.0233. The number of carbonyl (C=O) groups excluding carboxylic acids is 2. The number of rotatable bonds is 80. The quantitative estimate of drug-likeness (QED) is 0.0417. The molecule has 0 fully saturated rings. The molecule has 89 heavy (non-hydrogen) atoms. The van der Waals surface area contributed by atoms with Gasteiger partial charge in [-0.3, -0.25) is 9.59 Å². The Hall–Kier alpha value is -1.14. The van der Waals surface area contributed by atoms with Crippen LogP contribution in [0.2, 0.25) is 0 Å². The van der Waals surface area contributed by atoms with Gasteiger partial charge in [-0.15, -0.1) is 0 Å². The second-order valence-corrected chi connectivity index (χ2v) is 29.2. The molecule has 6 nitrogen and oxygen atoms in total. The number of nitrogens with one attached hydrogen (secondary N) is 1. The van der Waals surface area contributed by atoms with E-state index in [-0.39, 0.29) is 18.5 Å². The minimum atomic E-state index is -0.661. The van der Waals surface area contributed by atoms with E-state index in [0.29, 0.717) is 25.9 Å². The van der Waals surface area contributed by atoms with Crippen LogP contribution in [0.25, 0.3) is 0 Å². The maximum Gasteiger partial charge on any atom is 0.305 e. The molecule has 0 bridgehead atoms. The van der Waals surface area contributed by atoms with Crippen LogP contribution in [0.15, 0.2) is 0 Å². The van der Waals surface area contributed by atoms with Gasteiger partial charge >= 0.3 is 5.97 Å². The summed E-state index contributed by atoms with van der Waals surface area (Å²) in [5, 5.41) is 23.5. The average Bonchev–Trinajstić information content (AvgIpc) is 3.65. The highest BCUT2D eigenvalue weighted by Gasteiger charge is 2.20. The summed E-state index contributed by atoms with van der Waals surface area (Å²) in [4.78, 5) is 24.7. The van der Waals surface area contributed by atoms with Crippen LogP contribution in [0.1, 0.15) is 495 Å². The molecule has 0 aromatic heterocycles. The fourth-order valence-corrected chi connectivity index (χ4v) is 13.8. The van der Waals surface area contributed by atoms with E-state index in [0.717, 1.165) is 38.5 Å². The normalized spacial score (nSPS) is 12.4. The molecule has 0 aromatic rings. The summed E-state index contributed by atoms with van der Waals surface area (Å²) in [5.41, 5.74) is 0. The van der Waals surface area contributed by atoms with E-state index in [1.165, 1.54) is 424 Å². The fourth-order valence-electron chi connectivity index (χ4n) is 13.8. The van der Waals surface area contributed by atoms with Crippen LogP contribution >= 0.6 is 0 Å². The molecule has 0 rings (SSSR count). The Morgan fingerprint density at radius 1 is 0.270 bits per heavy atom. The van der Waals surface area contributed by atoms with Crippen molar-refractivity contribution in [2.75, 3.05) is 13.2 Å². The number of ether oxygens (including phenoxy) is 1. The highest BCUT2D eigenvalue weighted by Crippen LogP contribution is 2.21. The smallest absolute Gasteiger partial charge is 0.305 e. The summed E-state index contributed by atoms with van der Waals surface area (Å²) < 4.78 is 5.52. The Kier molecular flexibility index (Phi) is 78.3. The van der Waals surface area contributed by atoms with Gasteiger partial charge in [-0.2, -0.15) is 0 Å². The van der Waals surface area contributed by atoms with Gasteiger partial charge in [-0.25, -0.2) is 0 Å². The third-order valence-corrected chi connectivity index (χ3v) is 20.2. The lowest BCUT2D eigenvalue weighted by atomic mass is 10.0. The highest BCUT2D eigenvalue weighted by atomic mass is 16.5. The zero-order valence-corrected chi connectivity index (χ0v) is 61.2. The van der Waals surface area contributed by atoms with Gasteiger partial charge in [-0.1, -0.05) is 457 Å². The summed E-state index contributed by atoms with van der Waals surface area (Å²) in [7, 11) is 0. The van der Waals surface area contributed by atoms with Crippen molar-refractivity contribution in [3.63, 3.8) is 0 Å². The summed E-state index contributed by atoms with van der Waals surface area (Å²) >= 11 is 0. The van der Waals surface area contributed by atoms with Gasteiger partial charge in [0.1, 0.15) is 0 Å². The van der Waals surface area contributed by atoms with Gasteiger partial charge < -0.3 is 20.3 Å². The number of carbonyl (C=O) groups is 2. The predicted molar refractivity (Wildman–Crippen MR) is 394 cm³/mol.